The highest BCUT2D eigenvalue weighted by atomic mass is 16.5. The fourth-order valence-corrected chi connectivity index (χ4v) is 5.13. The average Bonchev–Trinajstić information content (AvgIpc) is 3.23. The number of aromatic amines is 1. The molecule has 0 bridgehead atoms. The molecular formula is C32H39N3O3. The quantitative estimate of drug-likeness (QED) is 0.170. The molecule has 200 valence electrons. The van der Waals surface area contributed by atoms with E-state index in [2.05, 4.69) is 31.0 Å². The van der Waals surface area contributed by atoms with Gasteiger partial charge in [0, 0.05) is 22.6 Å². The smallest absolute Gasteiger partial charge is 0.199 e. The first-order valence-corrected chi connectivity index (χ1v) is 13.6. The van der Waals surface area contributed by atoms with Crippen LogP contribution in [0.1, 0.15) is 70.1 Å². The second-order valence-corrected chi connectivity index (χ2v) is 9.59. The van der Waals surface area contributed by atoms with Crippen molar-refractivity contribution in [3.8, 4) is 17.4 Å². The van der Waals surface area contributed by atoms with E-state index in [9.17, 15) is 5.11 Å². The van der Waals surface area contributed by atoms with Gasteiger partial charge in [-0.3, -0.25) is 0 Å². The number of aromatic hydroxyl groups is 1. The zero-order chi connectivity index (χ0) is 27.1. The third kappa shape index (κ3) is 5.70. The van der Waals surface area contributed by atoms with E-state index in [-0.39, 0.29) is 11.4 Å². The van der Waals surface area contributed by atoms with Gasteiger partial charge in [0.1, 0.15) is 0 Å². The van der Waals surface area contributed by atoms with Crippen LogP contribution in [0.3, 0.4) is 0 Å². The second-order valence-electron chi connectivity index (χ2n) is 9.59. The number of aliphatic imine (C=N–C) groups is 1. The van der Waals surface area contributed by atoms with E-state index in [0.717, 1.165) is 53.4 Å². The van der Waals surface area contributed by atoms with Crippen LogP contribution in [0.4, 0.5) is 5.69 Å². The monoisotopic (exact) mass is 513 g/mol. The van der Waals surface area contributed by atoms with Crippen LogP contribution >= 0.6 is 0 Å². The molecule has 6 nitrogen and oxygen atoms in total. The van der Waals surface area contributed by atoms with Crippen LogP contribution in [0.5, 0.6) is 17.4 Å². The van der Waals surface area contributed by atoms with Gasteiger partial charge in [-0.05, 0) is 50.5 Å². The maximum atomic E-state index is 11.1. The number of hydrogen-bond donors (Lipinski definition) is 3. The number of nitrogens with one attached hydrogen (secondary N) is 1. The number of benzene rings is 3. The highest BCUT2D eigenvalue weighted by Crippen LogP contribution is 2.39. The van der Waals surface area contributed by atoms with Crippen molar-refractivity contribution in [1.82, 2.24) is 4.98 Å². The summed E-state index contributed by atoms with van der Waals surface area (Å²) in [6.07, 6.45) is 3.94. The summed E-state index contributed by atoms with van der Waals surface area (Å²) < 4.78 is 11.7. The fraction of sp³-hybridized carbons (Fsp3) is 0.344. The van der Waals surface area contributed by atoms with E-state index in [4.69, 9.17) is 20.2 Å². The van der Waals surface area contributed by atoms with Crippen molar-refractivity contribution in [2.45, 2.75) is 58.9 Å². The number of ether oxygens (including phenoxy) is 2. The van der Waals surface area contributed by atoms with Crippen molar-refractivity contribution in [3.05, 3.63) is 83.4 Å². The standard InChI is InChI=1S/C32H39N3O3/c1-5-18-32(33,19-6-2)23-14-16-24(17-15-23)34-30(22-12-10-9-11-13-22)29-25-20-27(37-7-3)28(38-8-4)21-26(25)35-31(29)36/h9-17,20-21,35-36H,5-8,18-19,33H2,1-4H3. The molecular weight excluding hydrogens is 474 g/mol. The number of nitrogens with two attached hydrogens (primary N) is 1. The summed E-state index contributed by atoms with van der Waals surface area (Å²) in [5.74, 6) is 1.31. The Balaban J connectivity index is 1.86. The highest BCUT2D eigenvalue weighted by Gasteiger charge is 2.25. The van der Waals surface area contributed by atoms with Crippen molar-refractivity contribution in [2.75, 3.05) is 13.2 Å². The van der Waals surface area contributed by atoms with Gasteiger partial charge in [0.05, 0.1) is 35.7 Å². The van der Waals surface area contributed by atoms with Crippen LogP contribution in [-0.4, -0.2) is 29.0 Å². The van der Waals surface area contributed by atoms with Crippen LogP contribution < -0.4 is 15.2 Å². The van der Waals surface area contributed by atoms with Gasteiger partial charge in [0.2, 0.25) is 0 Å². The van der Waals surface area contributed by atoms with E-state index < -0.39 is 0 Å². The molecule has 0 atom stereocenters. The summed E-state index contributed by atoms with van der Waals surface area (Å²) >= 11 is 0. The Morgan fingerprint density at radius 2 is 1.47 bits per heavy atom. The van der Waals surface area contributed by atoms with E-state index in [0.29, 0.717) is 36.0 Å². The maximum Gasteiger partial charge on any atom is 0.199 e. The number of nitrogens with zero attached hydrogens (tertiary/aromatic N) is 1. The highest BCUT2D eigenvalue weighted by molar-refractivity contribution is 6.22. The zero-order valence-corrected chi connectivity index (χ0v) is 22.9. The van der Waals surface area contributed by atoms with E-state index in [1.165, 1.54) is 0 Å². The molecule has 0 fully saturated rings. The first kappa shape index (κ1) is 27.3. The van der Waals surface area contributed by atoms with Crippen molar-refractivity contribution in [3.63, 3.8) is 0 Å². The minimum absolute atomic E-state index is 0.0437. The summed E-state index contributed by atoms with van der Waals surface area (Å²) in [5, 5.41) is 11.9. The van der Waals surface area contributed by atoms with Crippen molar-refractivity contribution in [2.24, 2.45) is 10.7 Å². The summed E-state index contributed by atoms with van der Waals surface area (Å²) in [6.45, 7) is 9.23. The Morgan fingerprint density at radius 3 is 2.05 bits per heavy atom. The molecule has 0 unspecified atom stereocenters. The molecule has 0 aliphatic carbocycles. The lowest BCUT2D eigenvalue weighted by molar-refractivity contribution is 0.288. The predicted molar refractivity (Wildman–Crippen MR) is 156 cm³/mol. The molecule has 38 heavy (non-hydrogen) atoms. The summed E-state index contributed by atoms with van der Waals surface area (Å²) in [7, 11) is 0. The fourth-order valence-electron chi connectivity index (χ4n) is 5.13. The van der Waals surface area contributed by atoms with Gasteiger partial charge in [0.25, 0.3) is 0 Å². The Hall–Kier alpha value is -3.77. The molecule has 4 N–H and O–H groups in total. The molecule has 0 saturated carbocycles. The third-order valence-corrected chi connectivity index (χ3v) is 6.80. The van der Waals surface area contributed by atoms with Gasteiger partial charge in [0.15, 0.2) is 17.4 Å². The Labute approximate surface area is 225 Å². The second kappa shape index (κ2) is 12.2. The molecule has 1 heterocycles. The first-order chi connectivity index (χ1) is 18.4. The van der Waals surface area contributed by atoms with Gasteiger partial charge in [-0.25, -0.2) is 4.99 Å². The van der Waals surface area contributed by atoms with Crippen LogP contribution in [-0.2, 0) is 5.54 Å². The van der Waals surface area contributed by atoms with E-state index in [1.807, 2.05) is 68.4 Å². The number of H-pyrrole nitrogens is 1. The van der Waals surface area contributed by atoms with Gasteiger partial charge >= 0.3 is 0 Å². The molecule has 0 amide bonds. The molecule has 6 heteroatoms. The number of aromatic nitrogens is 1. The lowest BCUT2D eigenvalue weighted by atomic mass is 9.83. The summed E-state index contributed by atoms with van der Waals surface area (Å²) in [6, 6.07) is 21.9. The molecule has 0 saturated heterocycles. The van der Waals surface area contributed by atoms with Crippen LogP contribution in [0.2, 0.25) is 0 Å². The average molecular weight is 514 g/mol. The Bertz CT molecular complexity index is 1370. The first-order valence-electron chi connectivity index (χ1n) is 13.6. The van der Waals surface area contributed by atoms with Crippen molar-refractivity contribution >= 4 is 22.3 Å². The molecule has 4 rings (SSSR count). The van der Waals surface area contributed by atoms with Gasteiger partial charge < -0.3 is 25.3 Å². The number of hydrogen-bond acceptors (Lipinski definition) is 5. The minimum atomic E-state index is -0.336. The number of rotatable bonds is 12. The molecule has 0 radical (unpaired) electrons. The SMILES string of the molecule is CCCC(N)(CCC)c1ccc(N=C(c2ccccc2)c2c(O)[nH]c3cc(OCC)c(OCC)cc23)cc1. The van der Waals surface area contributed by atoms with Gasteiger partial charge in [-0.15, -0.1) is 0 Å². The summed E-state index contributed by atoms with van der Waals surface area (Å²) in [5.41, 5.74) is 11.3. The zero-order valence-electron chi connectivity index (χ0n) is 22.9. The molecule has 1 aromatic heterocycles. The lowest BCUT2D eigenvalue weighted by Crippen LogP contribution is -2.36. The molecule has 0 spiro atoms. The summed E-state index contributed by atoms with van der Waals surface area (Å²) in [4.78, 5) is 8.17. The van der Waals surface area contributed by atoms with Crippen molar-refractivity contribution in [1.29, 1.82) is 0 Å². The Kier molecular flexibility index (Phi) is 8.74. The molecule has 0 aliphatic heterocycles. The van der Waals surface area contributed by atoms with E-state index >= 15 is 0 Å². The largest absolute Gasteiger partial charge is 0.494 e. The van der Waals surface area contributed by atoms with Crippen molar-refractivity contribution < 1.29 is 14.6 Å². The maximum absolute atomic E-state index is 11.1. The Morgan fingerprint density at radius 1 is 0.868 bits per heavy atom. The topological polar surface area (TPSA) is 92.9 Å². The third-order valence-electron chi connectivity index (χ3n) is 6.80. The molecule has 0 aliphatic rings. The van der Waals surface area contributed by atoms with E-state index in [1.54, 1.807) is 0 Å². The molecule has 4 aromatic rings. The predicted octanol–water partition coefficient (Wildman–Crippen LogP) is 7.59. The molecule has 3 aromatic carbocycles. The van der Waals surface area contributed by atoms with Gasteiger partial charge in [-0.1, -0.05) is 69.2 Å². The minimum Gasteiger partial charge on any atom is -0.494 e. The normalized spacial score (nSPS) is 12.2. The van der Waals surface area contributed by atoms with Crippen LogP contribution in [0.15, 0.2) is 71.7 Å². The van der Waals surface area contributed by atoms with Crippen LogP contribution in [0.25, 0.3) is 10.9 Å². The lowest BCUT2D eigenvalue weighted by Gasteiger charge is -2.29. The number of fused-ring (bicyclic) bond motifs is 1. The van der Waals surface area contributed by atoms with Gasteiger partial charge in [-0.2, -0.15) is 0 Å². The van der Waals surface area contributed by atoms with Crippen LogP contribution in [0, 0.1) is 0 Å².